The van der Waals surface area contributed by atoms with Gasteiger partial charge in [-0.1, -0.05) is 68.4 Å². The molecule has 1 rings (SSSR count). The predicted molar refractivity (Wildman–Crippen MR) is 82.7 cm³/mol. The van der Waals surface area contributed by atoms with E-state index in [0.29, 0.717) is 0 Å². The first-order valence-corrected chi connectivity index (χ1v) is 8.41. The molecule has 0 aliphatic rings. The Balaban J connectivity index is 2.87. The Morgan fingerprint density at radius 1 is 1.06 bits per heavy atom. The summed E-state index contributed by atoms with van der Waals surface area (Å²) in [5, 5.41) is 12.8. The van der Waals surface area contributed by atoms with E-state index >= 15 is 0 Å². The topological polar surface area (TPSA) is 32.6 Å². The Bertz CT molecular complexity index is 399. The number of hydrogen-bond donors (Lipinski definition) is 1. The molecule has 0 aromatic heterocycles. The van der Waals surface area contributed by atoms with Gasteiger partial charge in [-0.3, -0.25) is 0 Å². The monoisotopic (exact) mass is 261 g/mol. The number of allylic oxidation sites excluding steroid dienone is 1. The third kappa shape index (κ3) is 4.15. The molecule has 2 nitrogen and oxygen atoms in total. The average Bonchev–Trinajstić information content (AvgIpc) is 2.30. The fourth-order valence-corrected chi connectivity index (χ4v) is 6.28. The zero-order valence-electron chi connectivity index (χ0n) is 11.7. The van der Waals surface area contributed by atoms with Crippen LogP contribution in [0.1, 0.15) is 33.3 Å². The number of nitrogens with zero attached hydrogens (tertiary/aromatic N) is 1. The van der Waals surface area contributed by atoms with Crippen molar-refractivity contribution in [3.8, 4) is 0 Å². The standard InChI is InChI=1S/C15H23NOSi/c1-12(2)18(13(3)4)15-9-7-14(8-10-15)6-5-11-16-17/h5-13,17-18H,1-4H3. The minimum absolute atomic E-state index is 0.785. The summed E-state index contributed by atoms with van der Waals surface area (Å²) >= 11 is 0. The minimum atomic E-state index is -0.883. The molecule has 0 spiro atoms. The van der Waals surface area contributed by atoms with Crippen molar-refractivity contribution < 1.29 is 5.21 Å². The van der Waals surface area contributed by atoms with Gasteiger partial charge in [0, 0.05) is 0 Å². The van der Waals surface area contributed by atoms with Crippen LogP contribution < -0.4 is 5.19 Å². The molecular weight excluding hydrogens is 238 g/mol. The Kier molecular flexibility index (Phi) is 5.85. The molecule has 0 aliphatic carbocycles. The normalized spacial score (nSPS) is 12.6. The molecular formula is C15H23NOSi. The minimum Gasteiger partial charge on any atom is -0.411 e. The molecule has 0 aliphatic heterocycles. The van der Waals surface area contributed by atoms with E-state index < -0.39 is 8.80 Å². The highest BCUT2D eigenvalue weighted by atomic mass is 28.3. The number of rotatable bonds is 5. The summed E-state index contributed by atoms with van der Waals surface area (Å²) in [6.07, 6.45) is 5.04. The zero-order valence-corrected chi connectivity index (χ0v) is 12.8. The van der Waals surface area contributed by atoms with Gasteiger partial charge < -0.3 is 5.21 Å². The maximum Gasteiger partial charge on any atom is 0.0758 e. The van der Waals surface area contributed by atoms with Crippen molar-refractivity contribution in [3.63, 3.8) is 0 Å². The Hall–Kier alpha value is -1.35. The smallest absolute Gasteiger partial charge is 0.0758 e. The second-order valence-corrected chi connectivity index (χ2v) is 9.69. The summed E-state index contributed by atoms with van der Waals surface area (Å²) in [6, 6.07) is 8.79. The van der Waals surface area contributed by atoms with Gasteiger partial charge in [-0.2, -0.15) is 0 Å². The van der Waals surface area contributed by atoms with Gasteiger partial charge >= 0.3 is 0 Å². The summed E-state index contributed by atoms with van der Waals surface area (Å²) in [7, 11) is -0.883. The molecule has 3 heteroatoms. The van der Waals surface area contributed by atoms with Gasteiger partial charge in [0.15, 0.2) is 0 Å². The van der Waals surface area contributed by atoms with Crippen LogP contribution in [-0.4, -0.2) is 20.2 Å². The van der Waals surface area contributed by atoms with Gasteiger partial charge in [0.05, 0.1) is 15.0 Å². The van der Waals surface area contributed by atoms with Crippen LogP contribution >= 0.6 is 0 Å². The molecule has 0 fully saturated rings. The molecule has 0 radical (unpaired) electrons. The van der Waals surface area contributed by atoms with Gasteiger partial charge in [0.2, 0.25) is 0 Å². The summed E-state index contributed by atoms with van der Waals surface area (Å²) < 4.78 is 0. The Morgan fingerprint density at radius 3 is 2.06 bits per heavy atom. The van der Waals surface area contributed by atoms with Crippen molar-refractivity contribution in [2.45, 2.75) is 38.8 Å². The molecule has 1 aromatic rings. The van der Waals surface area contributed by atoms with E-state index in [1.807, 2.05) is 6.08 Å². The van der Waals surface area contributed by atoms with Gasteiger partial charge in [0.1, 0.15) is 0 Å². The first-order valence-electron chi connectivity index (χ1n) is 6.50. The van der Waals surface area contributed by atoms with Crippen LogP contribution in [0.15, 0.2) is 35.5 Å². The van der Waals surface area contributed by atoms with Crippen LogP contribution in [0.25, 0.3) is 6.08 Å². The van der Waals surface area contributed by atoms with Crippen LogP contribution in [0.5, 0.6) is 0 Å². The summed E-state index contributed by atoms with van der Waals surface area (Å²) in [5.41, 5.74) is 2.71. The highest BCUT2D eigenvalue weighted by Gasteiger charge is 2.21. The van der Waals surface area contributed by atoms with Crippen molar-refractivity contribution in [2.24, 2.45) is 5.16 Å². The van der Waals surface area contributed by atoms with Crippen molar-refractivity contribution >= 4 is 26.3 Å². The van der Waals surface area contributed by atoms with E-state index in [9.17, 15) is 0 Å². The fraction of sp³-hybridized carbons (Fsp3) is 0.400. The van der Waals surface area contributed by atoms with Gasteiger partial charge in [-0.05, 0) is 22.7 Å². The predicted octanol–water partition coefficient (Wildman–Crippen LogP) is 3.41. The quantitative estimate of drug-likeness (QED) is 0.374. The second kappa shape index (κ2) is 7.16. The number of benzene rings is 1. The molecule has 0 saturated carbocycles. The first kappa shape index (κ1) is 14.7. The van der Waals surface area contributed by atoms with E-state index in [4.69, 9.17) is 5.21 Å². The molecule has 0 saturated heterocycles. The number of hydrogen-bond acceptors (Lipinski definition) is 2. The molecule has 0 heterocycles. The average molecular weight is 261 g/mol. The van der Waals surface area contributed by atoms with Gasteiger partial charge in [0.25, 0.3) is 0 Å². The molecule has 0 atom stereocenters. The fourth-order valence-electron chi connectivity index (χ4n) is 2.56. The van der Waals surface area contributed by atoms with Crippen LogP contribution in [0.3, 0.4) is 0 Å². The SMILES string of the molecule is CC(C)[SiH](c1ccc(C=CC=NO)cc1)C(C)C. The molecule has 0 bridgehead atoms. The molecule has 0 amide bonds. The lowest BCUT2D eigenvalue weighted by molar-refractivity contribution is 0.322. The Morgan fingerprint density at radius 2 is 1.61 bits per heavy atom. The van der Waals surface area contributed by atoms with Crippen molar-refractivity contribution in [1.29, 1.82) is 0 Å². The molecule has 1 N–H and O–H groups in total. The maximum atomic E-state index is 8.31. The van der Waals surface area contributed by atoms with Crippen molar-refractivity contribution in [2.75, 3.05) is 0 Å². The van der Waals surface area contributed by atoms with Crippen LogP contribution in [0.2, 0.25) is 11.1 Å². The second-order valence-electron chi connectivity index (χ2n) is 5.30. The van der Waals surface area contributed by atoms with Crippen molar-refractivity contribution in [3.05, 3.63) is 35.9 Å². The van der Waals surface area contributed by atoms with E-state index in [2.05, 4.69) is 57.1 Å². The van der Waals surface area contributed by atoms with Crippen molar-refractivity contribution in [1.82, 2.24) is 0 Å². The Labute approximate surface area is 112 Å². The van der Waals surface area contributed by atoms with Crippen LogP contribution in [-0.2, 0) is 0 Å². The van der Waals surface area contributed by atoms with E-state index in [0.717, 1.165) is 16.6 Å². The summed E-state index contributed by atoms with van der Waals surface area (Å²) in [4.78, 5) is 0. The van der Waals surface area contributed by atoms with Gasteiger partial charge in [-0.25, -0.2) is 0 Å². The maximum absolute atomic E-state index is 8.31. The number of oxime groups is 1. The molecule has 98 valence electrons. The largest absolute Gasteiger partial charge is 0.411 e. The molecule has 18 heavy (non-hydrogen) atoms. The highest BCUT2D eigenvalue weighted by molar-refractivity contribution is 6.75. The third-order valence-electron chi connectivity index (χ3n) is 3.20. The lowest BCUT2D eigenvalue weighted by Gasteiger charge is -2.23. The lowest BCUT2D eigenvalue weighted by Crippen LogP contribution is -2.35. The van der Waals surface area contributed by atoms with E-state index in [-0.39, 0.29) is 0 Å². The van der Waals surface area contributed by atoms with Crippen LogP contribution in [0.4, 0.5) is 0 Å². The first-order chi connectivity index (χ1) is 8.56. The third-order valence-corrected chi connectivity index (χ3v) is 7.23. The van der Waals surface area contributed by atoms with Crippen LogP contribution in [0, 0.1) is 0 Å². The zero-order chi connectivity index (χ0) is 13.5. The van der Waals surface area contributed by atoms with E-state index in [1.165, 1.54) is 11.4 Å². The summed E-state index contributed by atoms with van der Waals surface area (Å²) in [5.74, 6) is 0. The van der Waals surface area contributed by atoms with Gasteiger partial charge in [-0.15, -0.1) is 0 Å². The molecule has 1 aromatic carbocycles. The van der Waals surface area contributed by atoms with E-state index in [1.54, 1.807) is 6.08 Å². The summed E-state index contributed by atoms with van der Waals surface area (Å²) in [6.45, 7) is 9.34. The highest BCUT2D eigenvalue weighted by Crippen LogP contribution is 2.20. The molecule has 0 unspecified atom stereocenters. The lowest BCUT2D eigenvalue weighted by atomic mass is 10.2.